The molecule has 2 nitrogen and oxygen atoms in total. The highest BCUT2D eigenvalue weighted by atomic mass is 79.9. The molecule has 5 heteroatoms. The number of hydrogen-bond acceptors (Lipinski definition) is 2. The molecule has 0 fully saturated rings. The molecule has 112 valence electrons. The van der Waals surface area contributed by atoms with E-state index in [9.17, 15) is 0 Å². The SMILES string of the molecule is CCOc1c(Br)cc(Br)cc1CNc1ccc(Cl)cc1C. The number of benzene rings is 2. The van der Waals surface area contributed by atoms with Crippen LogP contribution in [0.2, 0.25) is 5.02 Å². The summed E-state index contributed by atoms with van der Waals surface area (Å²) in [6, 6.07) is 9.88. The molecule has 0 amide bonds. The molecule has 0 atom stereocenters. The number of aryl methyl sites for hydroxylation is 1. The summed E-state index contributed by atoms with van der Waals surface area (Å²) in [6.07, 6.45) is 0. The molecule has 0 radical (unpaired) electrons. The third-order valence-electron chi connectivity index (χ3n) is 3.03. The largest absolute Gasteiger partial charge is 0.492 e. The van der Waals surface area contributed by atoms with Crippen LogP contribution in [0.5, 0.6) is 5.75 Å². The smallest absolute Gasteiger partial charge is 0.138 e. The van der Waals surface area contributed by atoms with Gasteiger partial charge in [-0.3, -0.25) is 0 Å². The lowest BCUT2D eigenvalue weighted by Crippen LogP contribution is -2.05. The lowest BCUT2D eigenvalue weighted by atomic mass is 10.1. The molecule has 0 bridgehead atoms. The quantitative estimate of drug-likeness (QED) is 0.608. The van der Waals surface area contributed by atoms with E-state index in [-0.39, 0.29) is 0 Å². The maximum absolute atomic E-state index is 5.98. The molecule has 0 saturated heterocycles. The summed E-state index contributed by atoms with van der Waals surface area (Å²) in [7, 11) is 0. The zero-order chi connectivity index (χ0) is 15.4. The summed E-state index contributed by atoms with van der Waals surface area (Å²) < 4.78 is 7.70. The van der Waals surface area contributed by atoms with Crippen molar-refractivity contribution in [2.24, 2.45) is 0 Å². The minimum Gasteiger partial charge on any atom is -0.492 e. The second-order valence-corrected chi connectivity index (χ2v) is 6.83. The Morgan fingerprint density at radius 3 is 2.62 bits per heavy atom. The predicted molar refractivity (Wildman–Crippen MR) is 96.5 cm³/mol. The first-order chi connectivity index (χ1) is 10.0. The van der Waals surface area contributed by atoms with Crippen molar-refractivity contribution in [3.05, 3.63) is 55.4 Å². The summed E-state index contributed by atoms with van der Waals surface area (Å²) in [5.74, 6) is 0.875. The topological polar surface area (TPSA) is 21.3 Å². The van der Waals surface area contributed by atoms with E-state index in [1.807, 2.05) is 38.1 Å². The van der Waals surface area contributed by atoms with E-state index < -0.39 is 0 Å². The standard InChI is InChI=1S/C16H16Br2ClNO/c1-3-21-16-11(7-12(17)8-14(16)18)9-20-15-5-4-13(19)6-10(15)2/h4-8,20H,3,9H2,1-2H3. The van der Waals surface area contributed by atoms with Crippen LogP contribution in [0.1, 0.15) is 18.1 Å². The molecular weight excluding hydrogens is 417 g/mol. The van der Waals surface area contributed by atoms with Gasteiger partial charge in [0, 0.05) is 27.3 Å². The third-order valence-corrected chi connectivity index (χ3v) is 4.31. The highest BCUT2D eigenvalue weighted by Crippen LogP contribution is 2.33. The monoisotopic (exact) mass is 431 g/mol. The maximum atomic E-state index is 5.98. The van der Waals surface area contributed by atoms with Gasteiger partial charge < -0.3 is 10.1 Å². The molecular formula is C16H16Br2ClNO. The van der Waals surface area contributed by atoms with Gasteiger partial charge in [0.2, 0.25) is 0 Å². The van der Waals surface area contributed by atoms with Gasteiger partial charge in [-0.1, -0.05) is 27.5 Å². The summed E-state index contributed by atoms with van der Waals surface area (Å²) >= 11 is 13.0. The molecule has 1 N–H and O–H groups in total. The fourth-order valence-corrected chi connectivity index (χ4v) is 3.72. The Morgan fingerprint density at radius 1 is 1.19 bits per heavy atom. The zero-order valence-electron chi connectivity index (χ0n) is 11.8. The number of anilines is 1. The molecule has 0 saturated carbocycles. The first kappa shape index (κ1) is 16.7. The van der Waals surface area contributed by atoms with Crippen LogP contribution < -0.4 is 10.1 Å². The molecule has 0 spiro atoms. The third kappa shape index (κ3) is 4.38. The minimum atomic E-state index is 0.632. The zero-order valence-corrected chi connectivity index (χ0v) is 15.8. The molecule has 0 heterocycles. The van der Waals surface area contributed by atoms with Gasteiger partial charge in [-0.15, -0.1) is 0 Å². The predicted octanol–water partition coefficient (Wildman–Crippen LogP) is 6.18. The minimum absolute atomic E-state index is 0.632. The van der Waals surface area contributed by atoms with Crippen LogP contribution >= 0.6 is 43.5 Å². The van der Waals surface area contributed by atoms with Crippen molar-refractivity contribution < 1.29 is 4.74 Å². The second kappa shape index (κ2) is 7.52. The highest BCUT2D eigenvalue weighted by molar-refractivity contribution is 9.11. The van der Waals surface area contributed by atoms with E-state index in [1.165, 1.54) is 0 Å². The fraction of sp³-hybridized carbons (Fsp3) is 0.250. The Kier molecular flexibility index (Phi) is 5.97. The number of rotatable bonds is 5. The van der Waals surface area contributed by atoms with Gasteiger partial charge in [0.15, 0.2) is 0 Å². The molecule has 0 unspecified atom stereocenters. The van der Waals surface area contributed by atoms with E-state index in [0.717, 1.165) is 36.5 Å². The highest BCUT2D eigenvalue weighted by Gasteiger charge is 2.10. The van der Waals surface area contributed by atoms with Crippen LogP contribution in [0.4, 0.5) is 5.69 Å². The van der Waals surface area contributed by atoms with Crippen molar-refractivity contribution in [2.45, 2.75) is 20.4 Å². The van der Waals surface area contributed by atoms with Crippen molar-refractivity contribution in [3.63, 3.8) is 0 Å². The van der Waals surface area contributed by atoms with Gasteiger partial charge in [0.05, 0.1) is 11.1 Å². The van der Waals surface area contributed by atoms with Crippen molar-refractivity contribution in [1.82, 2.24) is 0 Å². The average Bonchev–Trinajstić information content (AvgIpc) is 2.41. The number of hydrogen-bond donors (Lipinski definition) is 1. The summed E-state index contributed by atoms with van der Waals surface area (Å²) in [5, 5.41) is 4.18. The Labute approximate surface area is 147 Å². The lowest BCUT2D eigenvalue weighted by molar-refractivity contribution is 0.334. The van der Waals surface area contributed by atoms with Gasteiger partial charge in [-0.05, 0) is 65.7 Å². The molecule has 0 aromatic heterocycles. The Hall–Kier alpha value is -0.710. The first-order valence-electron chi connectivity index (χ1n) is 6.62. The second-order valence-electron chi connectivity index (χ2n) is 4.62. The van der Waals surface area contributed by atoms with E-state index in [4.69, 9.17) is 16.3 Å². The summed E-state index contributed by atoms with van der Waals surface area (Å²) in [5.41, 5.74) is 3.28. The molecule has 2 aromatic rings. The van der Waals surface area contributed by atoms with Crippen LogP contribution in [-0.4, -0.2) is 6.61 Å². The van der Waals surface area contributed by atoms with Crippen LogP contribution in [0.25, 0.3) is 0 Å². The van der Waals surface area contributed by atoms with Gasteiger partial charge in [0.1, 0.15) is 5.75 Å². The fourth-order valence-electron chi connectivity index (χ4n) is 2.07. The Bertz CT molecular complexity index is 646. The van der Waals surface area contributed by atoms with Gasteiger partial charge in [0.25, 0.3) is 0 Å². The van der Waals surface area contributed by atoms with E-state index in [2.05, 4.69) is 43.2 Å². The maximum Gasteiger partial charge on any atom is 0.138 e. The van der Waals surface area contributed by atoms with E-state index in [0.29, 0.717) is 13.2 Å². The first-order valence-corrected chi connectivity index (χ1v) is 8.58. The van der Waals surface area contributed by atoms with Crippen molar-refractivity contribution in [1.29, 1.82) is 0 Å². The summed E-state index contributed by atoms with van der Waals surface area (Å²) in [6.45, 7) is 5.33. The molecule has 21 heavy (non-hydrogen) atoms. The Morgan fingerprint density at radius 2 is 1.95 bits per heavy atom. The van der Waals surface area contributed by atoms with Crippen molar-refractivity contribution in [3.8, 4) is 5.75 Å². The van der Waals surface area contributed by atoms with Gasteiger partial charge in [-0.25, -0.2) is 0 Å². The average molecular weight is 434 g/mol. The molecule has 0 aliphatic carbocycles. The normalized spacial score (nSPS) is 10.5. The van der Waals surface area contributed by atoms with Crippen LogP contribution in [0, 0.1) is 6.92 Å². The van der Waals surface area contributed by atoms with E-state index >= 15 is 0 Å². The van der Waals surface area contributed by atoms with Crippen LogP contribution in [0.15, 0.2) is 39.3 Å². The number of halogens is 3. The number of nitrogens with one attached hydrogen (secondary N) is 1. The van der Waals surface area contributed by atoms with Gasteiger partial charge in [-0.2, -0.15) is 0 Å². The Balaban J connectivity index is 2.22. The lowest BCUT2D eigenvalue weighted by Gasteiger charge is -2.15. The van der Waals surface area contributed by atoms with Gasteiger partial charge >= 0.3 is 0 Å². The van der Waals surface area contributed by atoms with Crippen LogP contribution in [0.3, 0.4) is 0 Å². The number of ether oxygens (including phenoxy) is 1. The molecule has 0 aliphatic rings. The van der Waals surface area contributed by atoms with Crippen molar-refractivity contribution >= 4 is 49.1 Å². The summed E-state index contributed by atoms with van der Waals surface area (Å²) in [4.78, 5) is 0. The molecule has 0 aliphatic heterocycles. The molecule has 2 aromatic carbocycles. The van der Waals surface area contributed by atoms with Crippen LogP contribution in [-0.2, 0) is 6.54 Å². The van der Waals surface area contributed by atoms with Crippen molar-refractivity contribution in [2.75, 3.05) is 11.9 Å². The molecule has 2 rings (SSSR count). The van der Waals surface area contributed by atoms with E-state index in [1.54, 1.807) is 0 Å².